The molecule has 0 bridgehead atoms. The molecule has 0 spiro atoms. The molecule has 1 aromatic heterocycles. The lowest BCUT2D eigenvalue weighted by molar-refractivity contribution is 0.572. The maximum Gasteiger partial charge on any atom is 0.234 e. The maximum atomic E-state index is 13.1. The van der Waals surface area contributed by atoms with Crippen molar-refractivity contribution in [1.29, 1.82) is 0 Å². The number of aryl methyl sites for hydroxylation is 1. The zero-order valence-electron chi connectivity index (χ0n) is 7.50. The Morgan fingerprint density at radius 1 is 1.31 bits per heavy atom. The molecule has 1 aromatic carbocycles. The van der Waals surface area contributed by atoms with Crippen LogP contribution in [-0.4, -0.2) is 17.8 Å². The Morgan fingerprint density at radius 2 is 2.08 bits per heavy atom. The summed E-state index contributed by atoms with van der Waals surface area (Å²) < 4.78 is 13.1. The summed E-state index contributed by atoms with van der Waals surface area (Å²) in [5.74, 6) is -0.484. The largest absolute Gasteiger partial charge is 0.247 e. The maximum absolute atomic E-state index is 13.1. The van der Waals surface area contributed by atoms with E-state index in [4.69, 9.17) is 0 Å². The molecule has 4 heteroatoms. The first-order valence-electron chi connectivity index (χ1n) is 4.08. The van der Waals surface area contributed by atoms with E-state index in [0.29, 0.717) is 11.2 Å². The topological polar surface area (TPSA) is 25.8 Å². The van der Waals surface area contributed by atoms with Crippen LogP contribution in [0.25, 0.3) is 11.0 Å². The molecule has 0 aliphatic carbocycles. The molecule has 0 amide bonds. The molecule has 0 radical (unpaired) electrons. The van der Waals surface area contributed by atoms with Crippen LogP contribution in [0.5, 0.6) is 0 Å². The average molecular weight is 174 g/mol. The van der Waals surface area contributed by atoms with Crippen LogP contribution < -0.4 is 5.46 Å². The van der Waals surface area contributed by atoms with Gasteiger partial charge in [-0.05, 0) is 13.0 Å². The Morgan fingerprint density at radius 3 is 2.85 bits per heavy atom. The highest BCUT2D eigenvalue weighted by atomic mass is 19.1. The first kappa shape index (κ1) is 8.17. The summed E-state index contributed by atoms with van der Waals surface area (Å²) in [5.41, 5.74) is 2.69. The fraction of sp³-hybridized carbons (Fsp3) is 0.111. The lowest BCUT2D eigenvalue weighted by Crippen LogP contribution is -2.07. The zero-order valence-corrected chi connectivity index (χ0v) is 7.50. The van der Waals surface area contributed by atoms with Crippen molar-refractivity contribution in [3.05, 3.63) is 29.8 Å². The van der Waals surface area contributed by atoms with Gasteiger partial charge in [-0.2, -0.15) is 4.39 Å². The summed E-state index contributed by atoms with van der Waals surface area (Å²) in [6, 6.07) is 5.62. The summed E-state index contributed by atoms with van der Waals surface area (Å²) >= 11 is 0. The molecule has 13 heavy (non-hydrogen) atoms. The number of aromatic nitrogens is 2. The van der Waals surface area contributed by atoms with Crippen LogP contribution in [0.4, 0.5) is 4.39 Å². The molecule has 2 aromatic rings. The summed E-state index contributed by atoms with van der Waals surface area (Å²) in [5, 5.41) is 0. The standard InChI is InChI=1S/C9H8BFN2/c1-5-9(11)13-8-6(10)3-2-4-7(8)12-5/h2-4H,10H2,1H3. The zero-order chi connectivity index (χ0) is 9.42. The van der Waals surface area contributed by atoms with Crippen molar-refractivity contribution >= 4 is 24.3 Å². The fourth-order valence-corrected chi connectivity index (χ4v) is 1.29. The minimum atomic E-state index is -0.484. The third-order valence-electron chi connectivity index (χ3n) is 2.01. The van der Waals surface area contributed by atoms with Gasteiger partial charge in [-0.3, -0.25) is 0 Å². The SMILES string of the molecule is Bc1cccc2nc(C)c(F)nc12. The van der Waals surface area contributed by atoms with Gasteiger partial charge in [0.1, 0.15) is 7.85 Å². The smallest absolute Gasteiger partial charge is 0.234 e. The number of benzene rings is 1. The Balaban J connectivity index is 2.89. The number of hydrogen-bond donors (Lipinski definition) is 0. The second kappa shape index (κ2) is 2.80. The Bertz CT molecular complexity index is 470. The predicted molar refractivity (Wildman–Crippen MR) is 52.4 cm³/mol. The van der Waals surface area contributed by atoms with Gasteiger partial charge in [0.25, 0.3) is 0 Å². The highest BCUT2D eigenvalue weighted by molar-refractivity contribution is 6.37. The van der Waals surface area contributed by atoms with E-state index in [1.165, 1.54) is 0 Å². The van der Waals surface area contributed by atoms with E-state index in [0.717, 1.165) is 11.0 Å². The van der Waals surface area contributed by atoms with Crippen LogP contribution in [0.1, 0.15) is 5.69 Å². The van der Waals surface area contributed by atoms with E-state index >= 15 is 0 Å². The van der Waals surface area contributed by atoms with Crippen molar-refractivity contribution in [3.63, 3.8) is 0 Å². The van der Waals surface area contributed by atoms with Gasteiger partial charge in [0.05, 0.1) is 16.7 Å². The van der Waals surface area contributed by atoms with Gasteiger partial charge in [0.2, 0.25) is 5.95 Å². The van der Waals surface area contributed by atoms with Crippen molar-refractivity contribution in [2.24, 2.45) is 0 Å². The highest BCUT2D eigenvalue weighted by Gasteiger charge is 2.04. The van der Waals surface area contributed by atoms with E-state index in [1.807, 2.05) is 26.0 Å². The van der Waals surface area contributed by atoms with Crippen molar-refractivity contribution in [1.82, 2.24) is 9.97 Å². The molecule has 0 saturated carbocycles. The van der Waals surface area contributed by atoms with Crippen LogP contribution in [0.2, 0.25) is 0 Å². The lowest BCUT2D eigenvalue weighted by atomic mass is 9.94. The van der Waals surface area contributed by atoms with E-state index in [9.17, 15) is 4.39 Å². The van der Waals surface area contributed by atoms with E-state index < -0.39 is 5.95 Å². The summed E-state index contributed by atoms with van der Waals surface area (Å²) in [6.45, 7) is 1.62. The van der Waals surface area contributed by atoms with Gasteiger partial charge in [-0.15, -0.1) is 0 Å². The number of rotatable bonds is 0. The van der Waals surface area contributed by atoms with Crippen LogP contribution in [0.15, 0.2) is 18.2 Å². The molecule has 0 aliphatic heterocycles. The van der Waals surface area contributed by atoms with Crippen LogP contribution >= 0.6 is 0 Å². The normalized spacial score (nSPS) is 10.6. The average Bonchev–Trinajstić information content (AvgIpc) is 2.09. The quantitative estimate of drug-likeness (QED) is 0.538. The van der Waals surface area contributed by atoms with Crippen molar-refractivity contribution < 1.29 is 4.39 Å². The fourth-order valence-electron chi connectivity index (χ4n) is 1.29. The predicted octanol–water partition coefficient (Wildman–Crippen LogP) is 0.336. The lowest BCUT2D eigenvalue weighted by Gasteiger charge is -2.01. The number of halogens is 1. The monoisotopic (exact) mass is 174 g/mol. The van der Waals surface area contributed by atoms with E-state index in [2.05, 4.69) is 9.97 Å². The van der Waals surface area contributed by atoms with Gasteiger partial charge >= 0.3 is 0 Å². The second-order valence-electron chi connectivity index (χ2n) is 3.04. The molecule has 2 nitrogen and oxygen atoms in total. The van der Waals surface area contributed by atoms with Gasteiger partial charge in [-0.25, -0.2) is 9.97 Å². The Kier molecular flexibility index (Phi) is 1.76. The number of fused-ring (bicyclic) bond motifs is 1. The minimum Gasteiger partial charge on any atom is -0.247 e. The minimum absolute atomic E-state index is 0.345. The molecule has 0 fully saturated rings. The van der Waals surface area contributed by atoms with Gasteiger partial charge in [0, 0.05) is 0 Å². The van der Waals surface area contributed by atoms with Gasteiger partial charge < -0.3 is 0 Å². The molecule has 0 N–H and O–H groups in total. The van der Waals surface area contributed by atoms with Crippen LogP contribution in [-0.2, 0) is 0 Å². The molecule has 0 saturated heterocycles. The molecule has 0 aliphatic rings. The second-order valence-corrected chi connectivity index (χ2v) is 3.04. The van der Waals surface area contributed by atoms with Crippen molar-refractivity contribution in [3.8, 4) is 0 Å². The van der Waals surface area contributed by atoms with Gasteiger partial charge in [-0.1, -0.05) is 17.6 Å². The molecule has 2 rings (SSSR count). The molecular formula is C9H8BFN2. The number of hydrogen-bond acceptors (Lipinski definition) is 2. The Labute approximate surface area is 76.2 Å². The Hall–Kier alpha value is -1.45. The van der Waals surface area contributed by atoms with Gasteiger partial charge in [0.15, 0.2) is 0 Å². The molecule has 0 unspecified atom stereocenters. The third kappa shape index (κ3) is 1.28. The molecular weight excluding hydrogens is 166 g/mol. The van der Waals surface area contributed by atoms with Crippen molar-refractivity contribution in [2.75, 3.05) is 0 Å². The molecule has 1 heterocycles. The van der Waals surface area contributed by atoms with E-state index in [-0.39, 0.29) is 0 Å². The molecule has 64 valence electrons. The summed E-state index contributed by atoms with van der Waals surface area (Å²) in [4.78, 5) is 7.94. The first-order valence-corrected chi connectivity index (χ1v) is 4.08. The first-order chi connectivity index (χ1) is 6.18. The van der Waals surface area contributed by atoms with Crippen LogP contribution in [0, 0.1) is 12.9 Å². The summed E-state index contributed by atoms with van der Waals surface area (Å²) in [6.07, 6.45) is 0. The summed E-state index contributed by atoms with van der Waals surface area (Å²) in [7, 11) is 1.89. The van der Waals surface area contributed by atoms with Crippen molar-refractivity contribution in [2.45, 2.75) is 6.92 Å². The number of para-hydroxylation sites is 1. The van der Waals surface area contributed by atoms with Crippen LogP contribution in [0.3, 0.4) is 0 Å². The number of nitrogens with zero attached hydrogens (tertiary/aromatic N) is 2. The molecule has 0 atom stereocenters. The highest BCUT2D eigenvalue weighted by Crippen LogP contribution is 2.08. The third-order valence-corrected chi connectivity index (χ3v) is 2.01. The van der Waals surface area contributed by atoms with E-state index in [1.54, 1.807) is 6.92 Å².